The molecule has 0 bridgehead atoms. The number of aryl methyl sites for hydroxylation is 1. The highest BCUT2D eigenvalue weighted by Crippen LogP contribution is 2.34. The Kier molecular flexibility index (Phi) is 3.27. The highest BCUT2D eigenvalue weighted by atomic mass is 16.2. The van der Waals surface area contributed by atoms with Gasteiger partial charge in [-0.3, -0.25) is 19.8 Å². The number of barbiturate groups is 1. The fourth-order valence-electron chi connectivity index (χ4n) is 3.15. The first-order valence-electron chi connectivity index (χ1n) is 7.22. The van der Waals surface area contributed by atoms with E-state index in [2.05, 4.69) is 12.2 Å². The van der Waals surface area contributed by atoms with E-state index in [1.807, 2.05) is 25.1 Å². The van der Waals surface area contributed by atoms with Crippen molar-refractivity contribution in [3.05, 3.63) is 35.4 Å². The molecule has 21 heavy (non-hydrogen) atoms. The Bertz CT molecular complexity index is 620. The van der Waals surface area contributed by atoms with E-state index < -0.39 is 23.8 Å². The van der Waals surface area contributed by atoms with Crippen LogP contribution in [0.25, 0.3) is 0 Å². The molecule has 4 amide bonds. The third-order valence-corrected chi connectivity index (χ3v) is 4.29. The number of nitrogens with zero attached hydrogens (tertiary/aromatic N) is 1. The number of carbonyl (C=O) groups excluding carboxylic acids is 3. The molecule has 110 valence electrons. The summed E-state index contributed by atoms with van der Waals surface area (Å²) >= 11 is 0. The van der Waals surface area contributed by atoms with Gasteiger partial charge in [-0.2, -0.15) is 0 Å². The average molecular weight is 286 g/mol. The lowest BCUT2D eigenvalue weighted by molar-refractivity contribution is -0.141. The first-order chi connectivity index (χ1) is 9.97. The Morgan fingerprint density at radius 2 is 1.90 bits per heavy atom. The summed E-state index contributed by atoms with van der Waals surface area (Å²) in [6.07, 6.45) is 1.63. The Morgan fingerprint density at radius 3 is 2.52 bits per heavy atom. The summed E-state index contributed by atoms with van der Waals surface area (Å²) in [6.45, 7) is 4.00. The van der Waals surface area contributed by atoms with Crippen molar-refractivity contribution < 1.29 is 14.4 Å². The van der Waals surface area contributed by atoms with E-state index >= 15 is 0 Å². The number of carbonyl (C=O) groups is 3. The molecule has 1 aliphatic carbocycles. The molecule has 1 saturated heterocycles. The van der Waals surface area contributed by atoms with E-state index in [0.717, 1.165) is 18.4 Å². The predicted molar refractivity (Wildman–Crippen MR) is 76.5 cm³/mol. The SMILES string of the molecule is Cc1cccc(C2C(=O)NC(=O)N(C3CC(C)C3)C2=O)c1. The molecule has 1 N–H and O–H groups in total. The summed E-state index contributed by atoms with van der Waals surface area (Å²) < 4.78 is 0. The molecule has 1 aliphatic heterocycles. The summed E-state index contributed by atoms with van der Waals surface area (Å²) in [6, 6.07) is 6.65. The Hall–Kier alpha value is -2.17. The van der Waals surface area contributed by atoms with Crippen LogP contribution < -0.4 is 5.32 Å². The molecule has 2 fully saturated rings. The van der Waals surface area contributed by atoms with Gasteiger partial charge in [0.15, 0.2) is 0 Å². The Morgan fingerprint density at radius 1 is 1.19 bits per heavy atom. The van der Waals surface area contributed by atoms with Crippen molar-refractivity contribution in [1.29, 1.82) is 0 Å². The summed E-state index contributed by atoms with van der Waals surface area (Å²) in [5.41, 5.74) is 1.62. The zero-order chi connectivity index (χ0) is 15.1. The molecule has 0 spiro atoms. The zero-order valence-corrected chi connectivity index (χ0v) is 12.1. The number of hydrogen-bond donors (Lipinski definition) is 1. The van der Waals surface area contributed by atoms with Gasteiger partial charge in [0.05, 0.1) is 0 Å². The monoisotopic (exact) mass is 286 g/mol. The summed E-state index contributed by atoms with van der Waals surface area (Å²) in [7, 11) is 0. The lowest BCUT2D eigenvalue weighted by atomic mass is 9.79. The van der Waals surface area contributed by atoms with Crippen molar-refractivity contribution in [3.63, 3.8) is 0 Å². The van der Waals surface area contributed by atoms with Crippen LogP contribution in [0.5, 0.6) is 0 Å². The maximum Gasteiger partial charge on any atom is 0.331 e. The normalized spacial score (nSPS) is 29.1. The average Bonchev–Trinajstić information content (AvgIpc) is 2.36. The van der Waals surface area contributed by atoms with Crippen LogP contribution in [-0.2, 0) is 9.59 Å². The molecule has 0 radical (unpaired) electrons. The molecule has 0 aromatic heterocycles. The largest absolute Gasteiger partial charge is 0.331 e. The quantitative estimate of drug-likeness (QED) is 0.845. The minimum atomic E-state index is -0.918. The van der Waals surface area contributed by atoms with Crippen LogP contribution in [0.2, 0.25) is 0 Å². The van der Waals surface area contributed by atoms with E-state index in [9.17, 15) is 14.4 Å². The van der Waals surface area contributed by atoms with Gasteiger partial charge in [-0.1, -0.05) is 36.8 Å². The lowest BCUT2D eigenvalue weighted by Crippen LogP contribution is -2.62. The molecular weight excluding hydrogens is 268 g/mol. The molecule has 1 heterocycles. The maximum atomic E-state index is 12.6. The minimum absolute atomic E-state index is 0.0760. The fourth-order valence-corrected chi connectivity index (χ4v) is 3.15. The minimum Gasteiger partial charge on any atom is -0.277 e. The third-order valence-electron chi connectivity index (χ3n) is 4.29. The van der Waals surface area contributed by atoms with Gasteiger partial charge in [0, 0.05) is 6.04 Å². The molecule has 1 saturated carbocycles. The highest BCUT2D eigenvalue weighted by molar-refractivity contribution is 6.19. The van der Waals surface area contributed by atoms with Crippen LogP contribution in [0.4, 0.5) is 4.79 Å². The lowest BCUT2D eigenvalue weighted by Gasteiger charge is -2.43. The number of imide groups is 2. The highest BCUT2D eigenvalue weighted by Gasteiger charge is 2.46. The van der Waals surface area contributed by atoms with E-state index in [-0.39, 0.29) is 6.04 Å². The molecule has 2 aliphatic rings. The molecule has 5 nitrogen and oxygen atoms in total. The van der Waals surface area contributed by atoms with Gasteiger partial charge in [0.1, 0.15) is 5.92 Å². The van der Waals surface area contributed by atoms with Gasteiger partial charge in [0.25, 0.3) is 0 Å². The topological polar surface area (TPSA) is 66.5 Å². The van der Waals surface area contributed by atoms with Crippen LogP contribution >= 0.6 is 0 Å². The molecule has 3 rings (SSSR count). The van der Waals surface area contributed by atoms with Crippen LogP contribution in [0, 0.1) is 12.8 Å². The van der Waals surface area contributed by atoms with Gasteiger partial charge in [0.2, 0.25) is 11.8 Å². The van der Waals surface area contributed by atoms with E-state index in [0.29, 0.717) is 11.5 Å². The van der Waals surface area contributed by atoms with Crippen molar-refractivity contribution >= 4 is 17.8 Å². The maximum absolute atomic E-state index is 12.6. The van der Waals surface area contributed by atoms with Gasteiger partial charge < -0.3 is 0 Å². The molecule has 1 atom stereocenters. The van der Waals surface area contributed by atoms with Gasteiger partial charge in [-0.15, -0.1) is 0 Å². The van der Waals surface area contributed by atoms with Crippen LogP contribution in [0.3, 0.4) is 0 Å². The number of benzene rings is 1. The molecule has 1 aromatic rings. The van der Waals surface area contributed by atoms with Crippen LogP contribution in [0.1, 0.15) is 36.8 Å². The number of urea groups is 1. The van der Waals surface area contributed by atoms with E-state index in [1.54, 1.807) is 6.07 Å². The fraction of sp³-hybridized carbons (Fsp3) is 0.438. The van der Waals surface area contributed by atoms with Crippen molar-refractivity contribution in [2.24, 2.45) is 5.92 Å². The predicted octanol–water partition coefficient (Wildman–Crippen LogP) is 1.96. The van der Waals surface area contributed by atoms with Crippen molar-refractivity contribution in [1.82, 2.24) is 10.2 Å². The third kappa shape index (κ3) is 2.33. The standard InChI is InChI=1S/C16H18N2O3/c1-9-4-3-5-11(6-9)13-14(19)17-16(21)18(15(13)20)12-7-10(2)8-12/h3-6,10,12-13H,7-8H2,1-2H3,(H,17,19,21). The Labute approximate surface area is 123 Å². The second-order valence-electron chi connectivity index (χ2n) is 6.08. The summed E-state index contributed by atoms with van der Waals surface area (Å²) in [5.74, 6) is -1.32. The number of hydrogen-bond acceptors (Lipinski definition) is 3. The molecule has 1 unspecified atom stereocenters. The second kappa shape index (κ2) is 4.98. The van der Waals surface area contributed by atoms with Crippen molar-refractivity contribution in [2.45, 2.75) is 38.6 Å². The molecular formula is C16H18N2O3. The van der Waals surface area contributed by atoms with Crippen LogP contribution in [-0.4, -0.2) is 28.8 Å². The van der Waals surface area contributed by atoms with Crippen molar-refractivity contribution in [3.8, 4) is 0 Å². The zero-order valence-electron chi connectivity index (χ0n) is 12.1. The Balaban J connectivity index is 1.91. The van der Waals surface area contributed by atoms with Crippen LogP contribution in [0.15, 0.2) is 24.3 Å². The number of amides is 4. The summed E-state index contributed by atoms with van der Waals surface area (Å²) in [4.78, 5) is 37.9. The smallest absolute Gasteiger partial charge is 0.277 e. The first-order valence-corrected chi connectivity index (χ1v) is 7.22. The van der Waals surface area contributed by atoms with Gasteiger partial charge in [-0.25, -0.2) is 4.79 Å². The van der Waals surface area contributed by atoms with Gasteiger partial charge >= 0.3 is 6.03 Å². The first kappa shape index (κ1) is 13.8. The van der Waals surface area contributed by atoms with E-state index in [1.165, 1.54) is 4.90 Å². The van der Waals surface area contributed by atoms with Gasteiger partial charge in [-0.05, 0) is 31.2 Å². The van der Waals surface area contributed by atoms with Crippen molar-refractivity contribution in [2.75, 3.05) is 0 Å². The second-order valence-corrected chi connectivity index (χ2v) is 6.08. The summed E-state index contributed by atoms with van der Waals surface area (Å²) in [5, 5.41) is 2.32. The molecule has 5 heteroatoms. The number of rotatable bonds is 2. The number of nitrogens with one attached hydrogen (secondary N) is 1. The van der Waals surface area contributed by atoms with E-state index in [4.69, 9.17) is 0 Å². The molecule has 1 aromatic carbocycles.